The van der Waals surface area contributed by atoms with Crippen LogP contribution in [0.3, 0.4) is 0 Å². The molecule has 162 valence electrons. The van der Waals surface area contributed by atoms with Gasteiger partial charge in [0.05, 0.1) is 7.11 Å². The SMILES string of the molecule is COc1ccccc1OCc1nc(C(=O)NCCCNC(=O)c2ccc(F)cc2)cs1. The minimum Gasteiger partial charge on any atom is -0.493 e. The van der Waals surface area contributed by atoms with Crippen LogP contribution in [0, 0.1) is 5.82 Å². The number of halogens is 1. The fourth-order valence-corrected chi connectivity index (χ4v) is 3.33. The Balaban J connectivity index is 1.38. The summed E-state index contributed by atoms with van der Waals surface area (Å²) in [5.41, 5.74) is 0.703. The van der Waals surface area contributed by atoms with Crippen LogP contribution < -0.4 is 20.1 Å². The highest BCUT2D eigenvalue weighted by Gasteiger charge is 2.12. The van der Waals surface area contributed by atoms with E-state index in [4.69, 9.17) is 9.47 Å². The second-order valence-electron chi connectivity index (χ2n) is 6.44. The lowest BCUT2D eigenvalue weighted by Gasteiger charge is -2.08. The minimum atomic E-state index is -0.393. The average Bonchev–Trinajstić information content (AvgIpc) is 3.27. The van der Waals surface area contributed by atoms with E-state index in [0.29, 0.717) is 47.3 Å². The van der Waals surface area contributed by atoms with Crippen LogP contribution in [0.5, 0.6) is 11.5 Å². The molecule has 0 aliphatic heterocycles. The number of hydrogen-bond acceptors (Lipinski definition) is 6. The highest BCUT2D eigenvalue weighted by atomic mass is 32.1. The second kappa shape index (κ2) is 11.1. The summed E-state index contributed by atoms with van der Waals surface area (Å²) >= 11 is 1.34. The van der Waals surface area contributed by atoms with Crippen LogP contribution in [-0.4, -0.2) is 37.0 Å². The highest BCUT2D eigenvalue weighted by Crippen LogP contribution is 2.27. The maximum atomic E-state index is 12.9. The maximum absolute atomic E-state index is 12.9. The van der Waals surface area contributed by atoms with Gasteiger partial charge in [0.15, 0.2) is 11.5 Å². The van der Waals surface area contributed by atoms with E-state index in [0.717, 1.165) is 0 Å². The van der Waals surface area contributed by atoms with Crippen molar-refractivity contribution in [1.29, 1.82) is 0 Å². The van der Waals surface area contributed by atoms with Gasteiger partial charge in [0.1, 0.15) is 23.1 Å². The quantitative estimate of drug-likeness (QED) is 0.469. The second-order valence-corrected chi connectivity index (χ2v) is 7.38. The Morgan fingerprint density at radius 3 is 2.39 bits per heavy atom. The molecule has 0 unspecified atom stereocenters. The van der Waals surface area contributed by atoms with Crippen LogP contribution in [0.1, 0.15) is 32.3 Å². The van der Waals surface area contributed by atoms with Crippen LogP contribution in [-0.2, 0) is 6.61 Å². The molecule has 3 rings (SSSR count). The standard InChI is InChI=1S/C22H22FN3O4S/c1-29-18-5-2-3-6-19(18)30-13-20-26-17(14-31-20)22(28)25-12-4-11-24-21(27)15-7-9-16(23)10-8-15/h2-3,5-10,14H,4,11-13H2,1H3,(H,24,27)(H,25,28). The Morgan fingerprint density at radius 1 is 1.00 bits per heavy atom. The van der Waals surface area contributed by atoms with Crippen LogP contribution in [0.15, 0.2) is 53.9 Å². The summed E-state index contributed by atoms with van der Waals surface area (Å²) in [7, 11) is 1.57. The molecule has 3 aromatic rings. The van der Waals surface area contributed by atoms with Crippen LogP contribution in [0.25, 0.3) is 0 Å². The molecule has 1 aromatic heterocycles. The van der Waals surface area contributed by atoms with Crippen molar-refractivity contribution in [1.82, 2.24) is 15.6 Å². The van der Waals surface area contributed by atoms with E-state index in [1.165, 1.54) is 35.6 Å². The van der Waals surface area contributed by atoms with Crippen molar-refractivity contribution >= 4 is 23.2 Å². The van der Waals surface area contributed by atoms with Gasteiger partial charge in [0.2, 0.25) is 0 Å². The van der Waals surface area contributed by atoms with Gasteiger partial charge in [-0.2, -0.15) is 0 Å². The number of benzene rings is 2. The highest BCUT2D eigenvalue weighted by molar-refractivity contribution is 7.09. The maximum Gasteiger partial charge on any atom is 0.270 e. The van der Waals surface area contributed by atoms with Crippen molar-refractivity contribution in [2.45, 2.75) is 13.0 Å². The largest absolute Gasteiger partial charge is 0.493 e. The Morgan fingerprint density at radius 2 is 1.68 bits per heavy atom. The number of rotatable bonds is 10. The zero-order valence-electron chi connectivity index (χ0n) is 16.9. The Labute approximate surface area is 183 Å². The number of carbonyl (C=O) groups excluding carboxylic acids is 2. The van der Waals surface area contributed by atoms with Crippen LogP contribution >= 0.6 is 11.3 Å². The molecule has 1 heterocycles. The van der Waals surface area contributed by atoms with E-state index in [1.807, 2.05) is 12.1 Å². The fraction of sp³-hybridized carbons (Fsp3) is 0.227. The van der Waals surface area contributed by atoms with Crippen molar-refractivity contribution in [3.05, 3.63) is 76.0 Å². The molecule has 0 radical (unpaired) electrons. The van der Waals surface area contributed by atoms with Gasteiger partial charge in [-0.05, 0) is 42.8 Å². The number of aromatic nitrogens is 1. The molecule has 0 aliphatic carbocycles. The van der Waals surface area contributed by atoms with E-state index in [-0.39, 0.29) is 18.4 Å². The molecule has 2 aromatic carbocycles. The summed E-state index contributed by atoms with van der Waals surface area (Å²) in [6, 6.07) is 12.6. The third-order valence-corrected chi connectivity index (χ3v) is 5.06. The fourth-order valence-electron chi connectivity index (χ4n) is 2.65. The van der Waals surface area contributed by atoms with Crippen LogP contribution in [0.4, 0.5) is 4.39 Å². The van der Waals surface area contributed by atoms with Crippen molar-refractivity contribution in [3.8, 4) is 11.5 Å². The Hall–Kier alpha value is -3.46. The molecule has 0 saturated heterocycles. The number of para-hydroxylation sites is 2. The topological polar surface area (TPSA) is 89.6 Å². The van der Waals surface area contributed by atoms with Gasteiger partial charge in [0, 0.05) is 24.0 Å². The predicted octanol–water partition coefficient (Wildman–Crippen LogP) is 3.42. The van der Waals surface area contributed by atoms with Gasteiger partial charge in [0.25, 0.3) is 11.8 Å². The molecule has 2 amide bonds. The summed E-state index contributed by atoms with van der Waals surface area (Å²) in [5, 5.41) is 7.84. The van der Waals surface area contributed by atoms with E-state index in [9.17, 15) is 14.0 Å². The average molecular weight is 444 g/mol. The summed E-state index contributed by atoms with van der Waals surface area (Å²) < 4.78 is 23.8. The summed E-state index contributed by atoms with van der Waals surface area (Å²) in [4.78, 5) is 28.5. The molecule has 0 aliphatic rings. The monoisotopic (exact) mass is 443 g/mol. The first-order valence-corrected chi connectivity index (χ1v) is 10.5. The number of thiazole rings is 1. The van der Waals surface area contributed by atoms with Crippen molar-refractivity contribution < 1.29 is 23.5 Å². The third kappa shape index (κ3) is 6.51. The third-order valence-electron chi connectivity index (χ3n) is 4.24. The van der Waals surface area contributed by atoms with Gasteiger partial charge in [-0.3, -0.25) is 9.59 Å². The first-order valence-electron chi connectivity index (χ1n) is 9.59. The molecule has 31 heavy (non-hydrogen) atoms. The summed E-state index contributed by atoms with van der Waals surface area (Å²) in [6.45, 7) is 0.992. The molecular weight excluding hydrogens is 421 g/mol. The number of nitrogens with one attached hydrogen (secondary N) is 2. The van der Waals surface area contributed by atoms with Crippen LogP contribution in [0.2, 0.25) is 0 Å². The van der Waals surface area contributed by atoms with E-state index < -0.39 is 5.82 Å². The molecule has 0 bridgehead atoms. The number of hydrogen-bond donors (Lipinski definition) is 2. The van der Waals surface area contributed by atoms with E-state index in [2.05, 4.69) is 15.6 Å². The van der Waals surface area contributed by atoms with Crippen molar-refractivity contribution in [2.75, 3.05) is 20.2 Å². The van der Waals surface area contributed by atoms with E-state index in [1.54, 1.807) is 24.6 Å². The molecule has 7 nitrogen and oxygen atoms in total. The first-order chi connectivity index (χ1) is 15.1. The predicted molar refractivity (Wildman–Crippen MR) is 115 cm³/mol. The zero-order valence-corrected chi connectivity index (χ0v) is 17.7. The minimum absolute atomic E-state index is 0.230. The molecular formula is C22H22FN3O4S. The molecule has 9 heteroatoms. The van der Waals surface area contributed by atoms with Crippen molar-refractivity contribution in [2.24, 2.45) is 0 Å². The number of carbonyl (C=O) groups is 2. The lowest BCUT2D eigenvalue weighted by molar-refractivity contribution is 0.0948. The smallest absolute Gasteiger partial charge is 0.270 e. The zero-order chi connectivity index (χ0) is 22.1. The summed E-state index contributed by atoms with van der Waals surface area (Å²) in [6.07, 6.45) is 0.548. The normalized spacial score (nSPS) is 10.4. The van der Waals surface area contributed by atoms with E-state index >= 15 is 0 Å². The van der Waals surface area contributed by atoms with Gasteiger partial charge < -0.3 is 20.1 Å². The van der Waals surface area contributed by atoms with Crippen molar-refractivity contribution in [3.63, 3.8) is 0 Å². The number of methoxy groups -OCH3 is 1. The molecule has 0 atom stereocenters. The van der Waals surface area contributed by atoms with Gasteiger partial charge in [-0.1, -0.05) is 12.1 Å². The van der Waals surface area contributed by atoms with Gasteiger partial charge >= 0.3 is 0 Å². The molecule has 2 N–H and O–H groups in total. The lowest BCUT2D eigenvalue weighted by Crippen LogP contribution is -2.30. The summed E-state index contributed by atoms with van der Waals surface area (Å²) in [5.74, 6) is 0.267. The molecule has 0 fully saturated rings. The van der Waals surface area contributed by atoms with Gasteiger partial charge in [-0.25, -0.2) is 9.37 Å². The molecule has 0 spiro atoms. The lowest BCUT2D eigenvalue weighted by atomic mass is 10.2. The number of nitrogens with zero attached hydrogens (tertiary/aromatic N) is 1. The molecule has 0 saturated carbocycles. The first kappa shape index (κ1) is 22.2. The van der Waals surface area contributed by atoms with Gasteiger partial charge in [-0.15, -0.1) is 11.3 Å². The number of ether oxygens (including phenoxy) is 2. The number of amides is 2. The Bertz CT molecular complexity index is 1020. The Kier molecular flexibility index (Phi) is 7.94.